The number of halogens is 1. The van der Waals surface area contributed by atoms with Gasteiger partial charge in [-0.1, -0.05) is 54.1 Å². The summed E-state index contributed by atoms with van der Waals surface area (Å²) in [5, 5.41) is 4.38. The molecule has 2 aliphatic heterocycles. The van der Waals surface area contributed by atoms with Crippen LogP contribution in [-0.2, 0) is 0 Å². The summed E-state index contributed by atoms with van der Waals surface area (Å²) in [4.78, 5) is 0. The zero-order valence-electron chi connectivity index (χ0n) is 16.2. The van der Waals surface area contributed by atoms with E-state index in [4.69, 9.17) is 16.3 Å². The quantitative estimate of drug-likeness (QED) is 0.481. The van der Waals surface area contributed by atoms with Crippen molar-refractivity contribution in [1.82, 2.24) is 0 Å². The lowest BCUT2D eigenvalue weighted by Gasteiger charge is -2.37. The Labute approximate surface area is 170 Å². The first-order valence-electron chi connectivity index (χ1n) is 9.59. The Morgan fingerprint density at radius 3 is 2.54 bits per heavy atom. The zero-order valence-corrected chi connectivity index (χ0v) is 17.0. The largest absolute Gasteiger partial charge is 0.480 e. The predicted molar refractivity (Wildman–Crippen MR) is 117 cm³/mol. The van der Waals surface area contributed by atoms with E-state index in [0.717, 1.165) is 27.6 Å². The third kappa shape index (κ3) is 2.71. The fourth-order valence-electron chi connectivity index (χ4n) is 4.52. The van der Waals surface area contributed by atoms with E-state index >= 15 is 0 Å². The van der Waals surface area contributed by atoms with Crippen LogP contribution in [0.15, 0.2) is 66.7 Å². The molecule has 2 nitrogen and oxygen atoms in total. The topological polar surface area (TPSA) is 21.3 Å². The highest BCUT2D eigenvalue weighted by Gasteiger charge is 2.34. The third-order valence-corrected chi connectivity index (χ3v) is 5.75. The van der Waals surface area contributed by atoms with E-state index in [-0.39, 0.29) is 11.6 Å². The molecular formula is C25H22ClNO. The first-order valence-corrected chi connectivity index (χ1v) is 9.97. The van der Waals surface area contributed by atoms with Gasteiger partial charge in [0.2, 0.25) is 0 Å². The van der Waals surface area contributed by atoms with Crippen molar-refractivity contribution in [2.24, 2.45) is 0 Å². The van der Waals surface area contributed by atoms with Gasteiger partial charge in [-0.25, -0.2) is 0 Å². The van der Waals surface area contributed by atoms with Gasteiger partial charge in [-0.05, 0) is 61.7 Å². The smallest absolute Gasteiger partial charge is 0.150 e. The Kier molecular flexibility index (Phi) is 3.82. The second kappa shape index (κ2) is 6.15. The summed E-state index contributed by atoms with van der Waals surface area (Å²) in [5.41, 5.74) is 8.16. The monoisotopic (exact) mass is 387 g/mol. The molecule has 0 unspecified atom stereocenters. The maximum atomic E-state index is 6.55. The summed E-state index contributed by atoms with van der Waals surface area (Å²) in [6.45, 7) is 6.58. The molecule has 1 atom stereocenters. The Morgan fingerprint density at radius 2 is 1.75 bits per heavy atom. The molecule has 2 heterocycles. The molecule has 5 rings (SSSR count). The molecule has 0 amide bonds. The fraction of sp³-hybridized carbons (Fsp3) is 0.200. The highest BCUT2D eigenvalue weighted by atomic mass is 35.5. The van der Waals surface area contributed by atoms with Gasteiger partial charge in [-0.3, -0.25) is 0 Å². The van der Waals surface area contributed by atoms with E-state index in [2.05, 4.69) is 68.6 Å². The van der Waals surface area contributed by atoms with Crippen molar-refractivity contribution < 1.29 is 4.74 Å². The van der Waals surface area contributed by atoms with Crippen LogP contribution in [-0.4, -0.2) is 5.54 Å². The lowest BCUT2D eigenvalue weighted by Crippen LogP contribution is -2.32. The number of ether oxygens (including phenoxy) is 1. The van der Waals surface area contributed by atoms with Crippen LogP contribution < -0.4 is 10.1 Å². The van der Waals surface area contributed by atoms with E-state index in [1.807, 2.05) is 24.3 Å². The average Bonchev–Trinajstić information content (AvgIpc) is 2.66. The number of hydrogen-bond acceptors (Lipinski definition) is 2. The number of allylic oxidation sites excluding steroid dienone is 1. The minimum absolute atomic E-state index is 0.0791. The predicted octanol–water partition coefficient (Wildman–Crippen LogP) is 7.10. The molecule has 1 N–H and O–H groups in total. The van der Waals surface area contributed by atoms with Gasteiger partial charge in [0.25, 0.3) is 0 Å². The molecular weight excluding hydrogens is 366 g/mol. The fourth-order valence-corrected chi connectivity index (χ4v) is 4.69. The van der Waals surface area contributed by atoms with Gasteiger partial charge in [0, 0.05) is 27.4 Å². The van der Waals surface area contributed by atoms with Crippen molar-refractivity contribution >= 4 is 22.9 Å². The maximum Gasteiger partial charge on any atom is 0.150 e. The number of nitrogens with one attached hydrogen (secondary N) is 1. The van der Waals surface area contributed by atoms with Gasteiger partial charge in [0.15, 0.2) is 6.10 Å². The zero-order chi connectivity index (χ0) is 19.5. The number of rotatable bonds is 1. The highest BCUT2D eigenvalue weighted by Crippen LogP contribution is 2.51. The first-order chi connectivity index (χ1) is 13.4. The van der Waals surface area contributed by atoms with Gasteiger partial charge < -0.3 is 10.1 Å². The van der Waals surface area contributed by atoms with Crippen LogP contribution >= 0.6 is 11.6 Å². The molecule has 28 heavy (non-hydrogen) atoms. The van der Waals surface area contributed by atoms with Gasteiger partial charge in [-0.2, -0.15) is 0 Å². The molecule has 0 radical (unpaired) electrons. The molecule has 0 spiro atoms. The second-order valence-electron chi connectivity index (χ2n) is 8.17. The normalized spacial score (nSPS) is 18.7. The van der Waals surface area contributed by atoms with Crippen LogP contribution in [0, 0.1) is 0 Å². The number of fused-ring (bicyclic) bond motifs is 5. The molecule has 3 aromatic carbocycles. The second-order valence-corrected chi connectivity index (χ2v) is 8.61. The van der Waals surface area contributed by atoms with Crippen LogP contribution in [0.3, 0.4) is 0 Å². The van der Waals surface area contributed by atoms with E-state index in [9.17, 15) is 0 Å². The van der Waals surface area contributed by atoms with Crippen molar-refractivity contribution in [3.8, 4) is 16.9 Å². The molecule has 0 bridgehead atoms. The van der Waals surface area contributed by atoms with Crippen molar-refractivity contribution in [1.29, 1.82) is 0 Å². The van der Waals surface area contributed by atoms with Crippen molar-refractivity contribution in [2.45, 2.75) is 32.4 Å². The van der Waals surface area contributed by atoms with Crippen LogP contribution in [0.25, 0.3) is 16.7 Å². The van der Waals surface area contributed by atoms with Crippen molar-refractivity contribution in [3.05, 3.63) is 88.5 Å². The van der Waals surface area contributed by atoms with E-state index in [1.165, 1.54) is 22.3 Å². The summed E-state index contributed by atoms with van der Waals surface area (Å²) in [7, 11) is 0. The van der Waals surface area contributed by atoms with Gasteiger partial charge in [0.05, 0.1) is 5.54 Å². The third-order valence-electron chi connectivity index (χ3n) is 5.52. The minimum atomic E-state index is -0.161. The van der Waals surface area contributed by atoms with Crippen molar-refractivity contribution in [3.63, 3.8) is 0 Å². The van der Waals surface area contributed by atoms with E-state index in [0.29, 0.717) is 0 Å². The summed E-state index contributed by atoms with van der Waals surface area (Å²) in [6.07, 6.45) is 2.14. The Bertz CT molecular complexity index is 1110. The molecule has 2 aliphatic rings. The van der Waals surface area contributed by atoms with Crippen LogP contribution in [0.1, 0.15) is 43.6 Å². The summed E-state index contributed by atoms with van der Waals surface area (Å²) >= 11 is 6.33. The average molecular weight is 388 g/mol. The molecule has 3 aromatic rings. The number of hydrogen-bond donors (Lipinski definition) is 1. The van der Waals surface area contributed by atoms with E-state index in [1.54, 1.807) is 0 Å². The highest BCUT2D eigenvalue weighted by molar-refractivity contribution is 6.31. The lowest BCUT2D eigenvalue weighted by atomic mass is 9.80. The first kappa shape index (κ1) is 17.4. The Morgan fingerprint density at radius 1 is 0.964 bits per heavy atom. The van der Waals surface area contributed by atoms with Crippen molar-refractivity contribution in [2.75, 3.05) is 5.32 Å². The summed E-state index contributed by atoms with van der Waals surface area (Å²) in [6, 6.07) is 20.7. The van der Waals surface area contributed by atoms with Crippen LogP contribution in [0.5, 0.6) is 5.75 Å². The summed E-state index contributed by atoms with van der Waals surface area (Å²) < 4.78 is 6.55. The Hall–Kier alpha value is -2.71. The number of benzene rings is 3. The summed E-state index contributed by atoms with van der Waals surface area (Å²) in [5.74, 6) is 0.872. The standard InChI is InChI=1S/C25H22ClNO/c1-15-14-25(2,3)27-20-11-10-18-19-13-17(26)9-12-21(19)28-24(23(18)22(15)20)16-7-5-4-6-8-16/h4-14,24,27H,1-3H3/t24-/m0/s1. The van der Waals surface area contributed by atoms with E-state index < -0.39 is 0 Å². The van der Waals surface area contributed by atoms with Crippen LogP contribution in [0.2, 0.25) is 5.02 Å². The molecule has 0 aliphatic carbocycles. The lowest BCUT2D eigenvalue weighted by molar-refractivity contribution is 0.243. The molecule has 0 saturated carbocycles. The van der Waals surface area contributed by atoms with Crippen LogP contribution in [0.4, 0.5) is 5.69 Å². The molecule has 3 heteroatoms. The minimum Gasteiger partial charge on any atom is -0.480 e. The molecule has 0 fully saturated rings. The maximum absolute atomic E-state index is 6.55. The van der Waals surface area contributed by atoms with Gasteiger partial charge >= 0.3 is 0 Å². The SMILES string of the molecule is CC1=CC(C)(C)Nc2ccc3c(c21)[C@H](c1ccccc1)Oc1ccc(Cl)cc1-3. The molecule has 0 aromatic heterocycles. The molecule has 140 valence electrons. The molecule has 0 saturated heterocycles. The van der Waals surface area contributed by atoms with Gasteiger partial charge in [0.1, 0.15) is 5.75 Å². The van der Waals surface area contributed by atoms with Gasteiger partial charge in [-0.15, -0.1) is 0 Å². The Balaban J connectivity index is 1.82. The number of anilines is 1.